The van der Waals surface area contributed by atoms with Gasteiger partial charge in [-0.05, 0) is 61.4 Å². The Hall–Kier alpha value is -4.59. The van der Waals surface area contributed by atoms with Gasteiger partial charge in [-0.15, -0.1) is 0 Å². The van der Waals surface area contributed by atoms with Crippen LogP contribution >= 0.6 is 0 Å². The summed E-state index contributed by atoms with van der Waals surface area (Å²) in [5.74, 6) is 1.30. The summed E-state index contributed by atoms with van der Waals surface area (Å²) in [6.45, 7) is 0.601. The molecule has 1 amide bonds. The zero-order valence-corrected chi connectivity index (χ0v) is 20.6. The van der Waals surface area contributed by atoms with Crippen LogP contribution in [0.15, 0.2) is 85.2 Å². The summed E-state index contributed by atoms with van der Waals surface area (Å²) in [5.41, 5.74) is 5.90. The first kappa shape index (κ1) is 22.8. The zero-order valence-electron chi connectivity index (χ0n) is 20.6. The Morgan fingerprint density at radius 1 is 0.973 bits per heavy atom. The van der Waals surface area contributed by atoms with Crippen LogP contribution in [0.3, 0.4) is 0 Å². The third kappa shape index (κ3) is 5.04. The standard InChI is InChI=1S/C29H27N7O/c1-35(17-14-22-6-2-4-15-30-22)29(37)21-10-12-23(13-11-21)32-27-19-26(24-7-3-5-16-31-24)33-28-18-25(20-8-9-20)34-36(27)28/h2-7,10-13,15-16,18-20,32H,8-9,14,17H2,1H3. The summed E-state index contributed by atoms with van der Waals surface area (Å²) in [4.78, 5) is 28.3. The maximum atomic E-state index is 12.9. The predicted octanol–water partition coefficient (Wildman–Crippen LogP) is 5.12. The van der Waals surface area contributed by atoms with Crippen molar-refractivity contribution in [3.8, 4) is 11.4 Å². The van der Waals surface area contributed by atoms with Gasteiger partial charge in [-0.25, -0.2) is 4.98 Å². The van der Waals surface area contributed by atoms with Gasteiger partial charge in [0.25, 0.3) is 5.91 Å². The lowest BCUT2D eigenvalue weighted by molar-refractivity contribution is 0.0796. The molecule has 184 valence electrons. The van der Waals surface area contributed by atoms with Gasteiger partial charge in [0.1, 0.15) is 5.82 Å². The van der Waals surface area contributed by atoms with E-state index in [1.165, 1.54) is 12.8 Å². The average Bonchev–Trinajstić information content (AvgIpc) is 3.71. The Morgan fingerprint density at radius 2 is 1.76 bits per heavy atom. The number of aromatic nitrogens is 5. The van der Waals surface area contributed by atoms with Crippen molar-refractivity contribution in [3.05, 3.63) is 102 Å². The van der Waals surface area contributed by atoms with Crippen molar-refractivity contribution in [2.75, 3.05) is 18.9 Å². The monoisotopic (exact) mass is 489 g/mol. The first-order valence-electron chi connectivity index (χ1n) is 12.5. The van der Waals surface area contributed by atoms with Crippen molar-refractivity contribution in [3.63, 3.8) is 0 Å². The van der Waals surface area contributed by atoms with Crippen LogP contribution in [-0.2, 0) is 6.42 Å². The molecule has 37 heavy (non-hydrogen) atoms. The first-order chi connectivity index (χ1) is 18.1. The van der Waals surface area contributed by atoms with E-state index >= 15 is 0 Å². The number of pyridine rings is 2. The number of nitrogens with zero attached hydrogens (tertiary/aromatic N) is 6. The fourth-order valence-electron chi connectivity index (χ4n) is 4.30. The number of hydrogen-bond acceptors (Lipinski definition) is 6. The van der Waals surface area contributed by atoms with Gasteiger partial charge in [-0.2, -0.15) is 9.61 Å². The summed E-state index contributed by atoms with van der Waals surface area (Å²) < 4.78 is 1.85. The molecular weight excluding hydrogens is 462 g/mol. The third-order valence-corrected chi connectivity index (χ3v) is 6.55. The number of rotatable bonds is 8. The number of hydrogen-bond donors (Lipinski definition) is 1. The van der Waals surface area contributed by atoms with E-state index in [1.807, 2.05) is 78.3 Å². The van der Waals surface area contributed by atoms with Gasteiger partial charge in [-0.1, -0.05) is 12.1 Å². The number of nitrogens with one attached hydrogen (secondary N) is 1. The Morgan fingerprint density at radius 3 is 2.46 bits per heavy atom. The molecule has 4 aromatic heterocycles. The summed E-state index contributed by atoms with van der Waals surface area (Å²) in [6.07, 6.45) is 6.60. The molecular formula is C29H27N7O. The predicted molar refractivity (Wildman–Crippen MR) is 143 cm³/mol. The van der Waals surface area contributed by atoms with Gasteiger partial charge < -0.3 is 10.2 Å². The summed E-state index contributed by atoms with van der Waals surface area (Å²) in [7, 11) is 1.82. The molecule has 6 rings (SSSR count). The molecule has 1 N–H and O–H groups in total. The van der Waals surface area contributed by atoms with E-state index < -0.39 is 0 Å². The SMILES string of the molecule is CN(CCc1ccccn1)C(=O)c1ccc(Nc2cc(-c3ccccn3)nc3cc(C4CC4)nn23)cc1. The summed E-state index contributed by atoms with van der Waals surface area (Å²) >= 11 is 0. The minimum absolute atomic E-state index is 0.0210. The van der Waals surface area contributed by atoms with Gasteiger partial charge in [0.05, 0.1) is 17.1 Å². The lowest BCUT2D eigenvalue weighted by Gasteiger charge is -2.17. The highest BCUT2D eigenvalue weighted by atomic mass is 16.2. The normalized spacial score (nSPS) is 13.0. The van der Waals surface area contributed by atoms with Gasteiger partial charge in [-0.3, -0.25) is 14.8 Å². The fourth-order valence-corrected chi connectivity index (χ4v) is 4.30. The van der Waals surface area contributed by atoms with Crippen LogP contribution in [0.5, 0.6) is 0 Å². The van der Waals surface area contributed by atoms with E-state index in [9.17, 15) is 4.79 Å². The van der Waals surface area contributed by atoms with Crippen molar-refractivity contribution in [2.45, 2.75) is 25.2 Å². The van der Waals surface area contributed by atoms with E-state index in [4.69, 9.17) is 10.1 Å². The molecule has 0 spiro atoms. The molecule has 0 atom stereocenters. The summed E-state index contributed by atoms with van der Waals surface area (Å²) in [6, 6.07) is 23.2. The smallest absolute Gasteiger partial charge is 0.253 e. The van der Waals surface area contributed by atoms with Crippen LogP contribution in [0.25, 0.3) is 17.0 Å². The van der Waals surface area contributed by atoms with Crippen molar-refractivity contribution in [1.29, 1.82) is 0 Å². The minimum atomic E-state index is -0.0210. The molecule has 1 aliphatic rings. The van der Waals surface area contributed by atoms with Gasteiger partial charge in [0.15, 0.2) is 5.65 Å². The van der Waals surface area contributed by atoms with Gasteiger partial charge in [0.2, 0.25) is 0 Å². The van der Waals surface area contributed by atoms with E-state index in [0.717, 1.165) is 39.9 Å². The fraction of sp³-hybridized carbons (Fsp3) is 0.207. The number of fused-ring (bicyclic) bond motifs is 1. The van der Waals surface area contributed by atoms with Crippen LogP contribution in [0.1, 0.15) is 40.5 Å². The second-order valence-corrected chi connectivity index (χ2v) is 9.36. The van der Waals surface area contributed by atoms with Gasteiger partial charge in [0, 0.05) is 67.4 Å². The van der Waals surface area contributed by atoms with Crippen molar-refractivity contribution < 1.29 is 4.79 Å². The lowest BCUT2D eigenvalue weighted by atomic mass is 10.1. The first-order valence-corrected chi connectivity index (χ1v) is 12.5. The Bertz CT molecular complexity index is 1530. The Balaban J connectivity index is 1.22. The van der Waals surface area contributed by atoms with Crippen molar-refractivity contribution >= 4 is 23.1 Å². The van der Waals surface area contributed by atoms with Crippen LogP contribution in [0, 0.1) is 0 Å². The number of carbonyl (C=O) groups is 1. The maximum Gasteiger partial charge on any atom is 0.253 e. The lowest BCUT2D eigenvalue weighted by Crippen LogP contribution is -2.28. The van der Waals surface area contributed by atoms with E-state index in [0.29, 0.717) is 24.4 Å². The molecule has 0 aliphatic heterocycles. The highest BCUT2D eigenvalue weighted by Gasteiger charge is 2.27. The van der Waals surface area contributed by atoms with Crippen LogP contribution < -0.4 is 5.32 Å². The van der Waals surface area contributed by atoms with Crippen LogP contribution in [-0.4, -0.2) is 49.0 Å². The molecule has 0 radical (unpaired) electrons. The quantitative estimate of drug-likeness (QED) is 0.325. The maximum absolute atomic E-state index is 12.9. The zero-order chi connectivity index (χ0) is 25.2. The molecule has 8 heteroatoms. The van der Waals surface area contributed by atoms with Crippen LogP contribution in [0.2, 0.25) is 0 Å². The molecule has 0 unspecified atom stereocenters. The number of carbonyl (C=O) groups excluding carboxylic acids is 1. The van der Waals surface area contributed by atoms with E-state index in [-0.39, 0.29) is 5.91 Å². The van der Waals surface area contributed by atoms with E-state index in [1.54, 1.807) is 17.3 Å². The third-order valence-electron chi connectivity index (χ3n) is 6.55. The van der Waals surface area contributed by atoms with Crippen LogP contribution in [0.4, 0.5) is 11.5 Å². The minimum Gasteiger partial charge on any atom is -0.341 e. The molecule has 1 fully saturated rings. The average molecular weight is 490 g/mol. The molecule has 8 nitrogen and oxygen atoms in total. The van der Waals surface area contributed by atoms with Crippen molar-refractivity contribution in [2.24, 2.45) is 0 Å². The number of benzene rings is 1. The number of anilines is 2. The molecule has 5 aromatic rings. The second kappa shape index (κ2) is 9.81. The highest BCUT2D eigenvalue weighted by molar-refractivity contribution is 5.94. The van der Waals surface area contributed by atoms with Crippen molar-refractivity contribution in [1.82, 2.24) is 29.5 Å². The Labute approximate surface area is 215 Å². The van der Waals surface area contributed by atoms with Gasteiger partial charge >= 0.3 is 0 Å². The molecule has 1 aromatic carbocycles. The molecule has 0 bridgehead atoms. The Kier molecular flexibility index (Phi) is 6.06. The largest absolute Gasteiger partial charge is 0.341 e. The second-order valence-electron chi connectivity index (χ2n) is 9.36. The van der Waals surface area contributed by atoms with E-state index in [2.05, 4.69) is 21.4 Å². The molecule has 4 heterocycles. The molecule has 1 saturated carbocycles. The number of amides is 1. The topological polar surface area (TPSA) is 88.3 Å². The summed E-state index contributed by atoms with van der Waals surface area (Å²) in [5, 5.41) is 8.30. The highest BCUT2D eigenvalue weighted by Crippen LogP contribution is 2.40. The molecule has 0 saturated heterocycles. The molecule has 1 aliphatic carbocycles. The number of likely N-dealkylation sites (N-methyl/N-ethyl adjacent to an activating group) is 1.